The van der Waals surface area contributed by atoms with Crippen molar-refractivity contribution >= 4 is 5.82 Å². The van der Waals surface area contributed by atoms with Crippen LogP contribution < -0.4 is 5.73 Å². The van der Waals surface area contributed by atoms with E-state index in [1.165, 1.54) is 0 Å². The van der Waals surface area contributed by atoms with E-state index in [1.54, 1.807) is 10.9 Å². The molecular weight excluding hydrogens is 152 g/mol. The third-order valence-electron chi connectivity index (χ3n) is 1.44. The van der Waals surface area contributed by atoms with Crippen LogP contribution in [0.4, 0.5) is 5.82 Å². The predicted octanol–water partition coefficient (Wildman–Crippen LogP) is 0.913. The largest absolute Gasteiger partial charge is 0.381 e. The molecule has 0 saturated carbocycles. The highest BCUT2D eigenvalue weighted by atomic mass is 15.3. The fraction of sp³-hybridized carbons (Fsp3) is 0.250. The van der Waals surface area contributed by atoms with Crippen LogP contribution in [0.3, 0.4) is 0 Å². The van der Waals surface area contributed by atoms with Crippen LogP contribution in [0, 0.1) is 11.3 Å². The minimum absolute atomic E-state index is 0.294. The lowest BCUT2D eigenvalue weighted by Crippen LogP contribution is -1.96. The molecule has 0 saturated heterocycles. The van der Waals surface area contributed by atoms with Gasteiger partial charge in [0.15, 0.2) is 5.82 Å². The third kappa shape index (κ3) is 1.64. The number of allylic oxidation sites excluding steroid dienone is 2. The van der Waals surface area contributed by atoms with Gasteiger partial charge in [-0.25, -0.2) is 0 Å². The lowest BCUT2D eigenvalue weighted by molar-refractivity contribution is 0.704. The second-order valence-electron chi connectivity index (χ2n) is 2.33. The van der Waals surface area contributed by atoms with Crippen molar-refractivity contribution in [3.05, 3.63) is 23.9 Å². The SMILES string of the molecule is C/C=C/Cn1cc(C#N)c(N)n1. The summed E-state index contributed by atoms with van der Waals surface area (Å²) in [7, 11) is 0. The van der Waals surface area contributed by atoms with Gasteiger partial charge >= 0.3 is 0 Å². The fourth-order valence-corrected chi connectivity index (χ4v) is 0.829. The summed E-state index contributed by atoms with van der Waals surface area (Å²) in [6, 6.07) is 1.96. The average Bonchev–Trinajstić information content (AvgIpc) is 2.43. The molecule has 62 valence electrons. The Hall–Kier alpha value is -1.76. The van der Waals surface area contributed by atoms with Crippen LogP contribution in [0.2, 0.25) is 0 Å². The summed E-state index contributed by atoms with van der Waals surface area (Å²) >= 11 is 0. The maximum absolute atomic E-state index is 8.56. The van der Waals surface area contributed by atoms with Gasteiger partial charge in [-0.2, -0.15) is 10.4 Å². The van der Waals surface area contributed by atoms with E-state index in [-0.39, 0.29) is 0 Å². The molecular formula is C8H10N4. The summed E-state index contributed by atoms with van der Waals surface area (Å²) in [5.41, 5.74) is 5.88. The maximum atomic E-state index is 8.56. The van der Waals surface area contributed by atoms with Crippen LogP contribution in [0.15, 0.2) is 18.3 Å². The minimum Gasteiger partial charge on any atom is -0.381 e. The van der Waals surface area contributed by atoms with E-state index in [0.29, 0.717) is 17.9 Å². The van der Waals surface area contributed by atoms with Gasteiger partial charge in [-0.15, -0.1) is 0 Å². The highest BCUT2D eigenvalue weighted by Gasteiger charge is 2.01. The fourth-order valence-electron chi connectivity index (χ4n) is 0.829. The summed E-state index contributed by atoms with van der Waals surface area (Å²) < 4.78 is 1.63. The van der Waals surface area contributed by atoms with Gasteiger partial charge in [0.1, 0.15) is 11.6 Å². The Morgan fingerprint density at radius 3 is 3.08 bits per heavy atom. The van der Waals surface area contributed by atoms with E-state index in [9.17, 15) is 0 Å². The van der Waals surface area contributed by atoms with Crippen LogP contribution >= 0.6 is 0 Å². The second kappa shape index (κ2) is 3.58. The maximum Gasteiger partial charge on any atom is 0.163 e. The summed E-state index contributed by atoms with van der Waals surface area (Å²) in [5, 5.41) is 12.5. The molecule has 12 heavy (non-hydrogen) atoms. The number of nitrogens with zero attached hydrogens (tertiary/aromatic N) is 3. The van der Waals surface area contributed by atoms with Crippen LogP contribution in [0.1, 0.15) is 12.5 Å². The van der Waals surface area contributed by atoms with Crippen molar-refractivity contribution in [3.63, 3.8) is 0 Å². The number of nitrogens with two attached hydrogens (primary N) is 1. The van der Waals surface area contributed by atoms with Crippen molar-refractivity contribution in [2.45, 2.75) is 13.5 Å². The zero-order valence-corrected chi connectivity index (χ0v) is 6.86. The number of nitriles is 1. The minimum atomic E-state index is 0.294. The highest BCUT2D eigenvalue weighted by molar-refractivity contribution is 5.46. The topological polar surface area (TPSA) is 67.6 Å². The highest BCUT2D eigenvalue weighted by Crippen LogP contribution is 2.06. The molecule has 0 spiro atoms. The average molecular weight is 162 g/mol. The number of nitrogen functional groups attached to an aromatic ring is 1. The Labute approximate surface area is 70.9 Å². The second-order valence-corrected chi connectivity index (χ2v) is 2.33. The molecule has 0 bridgehead atoms. The van der Waals surface area contributed by atoms with E-state index < -0.39 is 0 Å². The molecule has 0 aliphatic carbocycles. The Bertz CT molecular complexity index is 329. The monoisotopic (exact) mass is 162 g/mol. The van der Waals surface area contributed by atoms with Gasteiger partial charge in [0, 0.05) is 6.20 Å². The van der Waals surface area contributed by atoms with Crippen molar-refractivity contribution in [3.8, 4) is 6.07 Å². The van der Waals surface area contributed by atoms with Crippen LogP contribution in [-0.4, -0.2) is 9.78 Å². The molecule has 1 heterocycles. The van der Waals surface area contributed by atoms with E-state index in [4.69, 9.17) is 11.0 Å². The molecule has 2 N–H and O–H groups in total. The van der Waals surface area contributed by atoms with Crippen molar-refractivity contribution < 1.29 is 0 Å². The molecule has 1 rings (SSSR count). The van der Waals surface area contributed by atoms with E-state index in [2.05, 4.69) is 5.10 Å². The standard InChI is InChI=1S/C8H10N4/c1-2-3-4-12-6-7(5-9)8(10)11-12/h2-3,6H,4H2,1H3,(H2,10,11)/b3-2+. The first-order chi connectivity index (χ1) is 5.77. The van der Waals surface area contributed by atoms with Crippen molar-refractivity contribution in [2.75, 3.05) is 5.73 Å². The van der Waals surface area contributed by atoms with Crippen molar-refractivity contribution in [1.29, 1.82) is 5.26 Å². The third-order valence-corrected chi connectivity index (χ3v) is 1.44. The number of anilines is 1. The molecule has 4 nitrogen and oxygen atoms in total. The number of hydrogen-bond donors (Lipinski definition) is 1. The van der Waals surface area contributed by atoms with Crippen LogP contribution in [0.25, 0.3) is 0 Å². The first-order valence-corrected chi connectivity index (χ1v) is 3.62. The lowest BCUT2D eigenvalue weighted by atomic mass is 10.4. The van der Waals surface area contributed by atoms with Gasteiger partial charge in [-0.05, 0) is 6.92 Å². The van der Waals surface area contributed by atoms with Gasteiger partial charge in [0.2, 0.25) is 0 Å². The first-order valence-electron chi connectivity index (χ1n) is 3.62. The first kappa shape index (κ1) is 8.34. The smallest absolute Gasteiger partial charge is 0.163 e. The molecule has 0 aromatic carbocycles. The van der Waals surface area contributed by atoms with Crippen molar-refractivity contribution in [2.24, 2.45) is 0 Å². The van der Waals surface area contributed by atoms with E-state index >= 15 is 0 Å². The number of hydrogen-bond acceptors (Lipinski definition) is 3. The molecule has 4 heteroatoms. The van der Waals surface area contributed by atoms with Gasteiger partial charge in [-0.1, -0.05) is 12.2 Å². The Morgan fingerprint density at radius 2 is 2.58 bits per heavy atom. The normalized spacial score (nSPS) is 10.3. The van der Waals surface area contributed by atoms with E-state index in [1.807, 2.05) is 25.1 Å². The molecule has 1 aromatic rings. The molecule has 0 radical (unpaired) electrons. The molecule has 0 unspecified atom stereocenters. The molecule has 0 fully saturated rings. The van der Waals surface area contributed by atoms with Gasteiger partial charge < -0.3 is 5.73 Å². The van der Waals surface area contributed by atoms with Crippen LogP contribution in [0.5, 0.6) is 0 Å². The van der Waals surface area contributed by atoms with E-state index in [0.717, 1.165) is 0 Å². The number of aromatic nitrogens is 2. The molecule has 0 amide bonds. The van der Waals surface area contributed by atoms with Crippen LogP contribution in [-0.2, 0) is 6.54 Å². The van der Waals surface area contributed by atoms with Gasteiger partial charge in [0.05, 0.1) is 6.54 Å². The summed E-state index contributed by atoms with van der Waals surface area (Å²) in [6.45, 7) is 2.58. The number of rotatable bonds is 2. The lowest BCUT2D eigenvalue weighted by Gasteiger charge is -1.91. The van der Waals surface area contributed by atoms with Gasteiger partial charge in [0.25, 0.3) is 0 Å². The molecule has 0 aliphatic heterocycles. The van der Waals surface area contributed by atoms with Gasteiger partial charge in [-0.3, -0.25) is 4.68 Å². The quantitative estimate of drug-likeness (QED) is 0.657. The zero-order chi connectivity index (χ0) is 8.97. The molecule has 0 atom stereocenters. The summed E-state index contributed by atoms with van der Waals surface area (Å²) in [6.07, 6.45) is 5.49. The molecule has 0 aliphatic rings. The zero-order valence-electron chi connectivity index (χ0n) is 6.86. The Kier molecular flexibility index (Phi) is 2.49. The predicted molar refractivity (Wildman–Crippen MR) is 46.2 cm³/mol. The van der Waals surface area contributed by atoms with Crippen molar-refractivity contribution in [1.82, 2.24) is 9.78 Å². The summed E-state index contributed by atoms with van der Waals surface area (Å²) in [4.78, 5) is 0. The molecule has 1 aromatic heterocycles. The Morgan fingerprint density at radius 1 is 1.83 bits per heavy atom. The Balaban J connectivity index is 2.84. The summed E-state index contributed by atoms with van der Waals surface area (Å²) in [5.74, 6) is 0.294.